The van der Waals surface area contributed by atoms with E-state index in [0.717, 1.165) is 5.69 Å². The van der Waals surface area contributed by atoms with Crippen LogP contribution in [0.1, 0.15) is 13.3 Å². The van der Waals surface area contributed by atoms with Crippen LogP contribution in [0.3, 0.4) is 0 Å². The van der Waals surface area contributed by atoms with Crippen molar-refractivity contribution in [1.29, 1.82) is 0 Å². The summed E-state index contributed by atoms with van der Waals surface area (Å²) in [7, 11) is 1.62. The van der Waals surface area contributed by atoms with Crippen molar-refractivity contribution in [3.63, 3.8) is 0 Å². The molecule has 0 spiro atoms. The van der Waals surface area contributed by atoms with E-state index in [1.165, 1.54) is 0 Å². The number of nitrogen functional groups attached to an aromatic ring is 1. The Balaban J connectivity index is 2.23. The van der Waals surface area contributed by atoms with Crippen molar-refractivity contribution in [2.45, 2.75) is 19.4 Å². The maximum Gasteiger partial charge on any atom is 0.226 e. The highest BCUT2D eigenvalue weighted by Gasteiger charge is 2.05. The molecule has 100 valence electrons. The highest BCUT2D eigenvalue weighted by Crippen LogP contribution is 2.10. The van der Waals surface area contributed by atoms with Crippen LogP contribution < -0.4 is 11.1 Å². The van der Waals surface area contributed by atoms with E-state index in [0.29, 0.717) is 25.3 Å². The Morgan fingerprint density at radius 2 is 2.06 bits per heavy atom. The van der Waals surface area contributed by atoms with Gasteiger partial charge in [0, 0.05) is 18.5 Å². The van der Waals surface area contributed by atoms with Gasteiger partial charge in [0.05, 0.1) is 25.7 Å². The molecule has 1 unspecified atom stereocenters. The number of carbonyl (C=O) groups is 1. The summed E-state index contributed by atoms with van der Waals surface area (Å²) in [6.45, 7) is 2.81. The normalized spacial score (nSPS) is 12.1. The van der Waals surface area contributed by atoms with Gasteiger partial charge in [-0.2, -0.15) is 0 Å². The summed E-state index contributed by atoms with van der Waals surface area (Å²) in [6.07, 6.45) is 0.317. The monoisotopic (exact) mass is 252 g/mol. The number of benzene rings is 1. The van der Waals surface area contributed by atoms with Crippen LogP contribution in [0.4, 0.5) is 11.4 Å². The quantitative estimate of drug-likeness (QED) is 0.724. The van der Waals surface area contributed by atoms with E-state index >= 15 is 0 Å². The fourth-order valence-corrected chi connectivity index (χ4v) is 1.43. The van der Waals surface area contributed by atoms with Crippen molar-refractivity contribution >= 4 is 17.3 Å². The average Bonchev–Trinajstić information content (AvgIpc) is 2.32. The smallest absolute Gasteiger partial charge is 0.226 e. The van der Waals surface area contributed by atoms with Gasteiger partial charge < -0.3 is 20.5 Å². The topological polar surface area (TPSA) is 73.6 Å². The van der Waals surface area contributed by atoms with E-state index in [2.05, 4.69) is 5.32 Å². The summed E-state index contributed by atoms with van der Waals surface area (Å²) in [6, 6.07) is 7.02. The number of amides is 1. The molecule has 1 atom stereocenters. The van der Waals surface area contributed by atoms with Crippen LogP contribution in [0, 0.1) is 0 Å². The van der Waals surface area contributed by atoms with Crippen LogP contribution in [0.2, 0.25) is 0 Å². The van der Waals surface area contributed by atoms with Gasteiger partial charge in [-0.1, -0.05) is 0 Å². The molecule has 1 aromatic carbocycles. The Kier molecular flexibility index (Phi) is 6.18. The maximum atomic E-state index is 11.6. The molecule has 0 aliphatic heterocycles. The first-order valence-corrected chi connectivity index (χ1v) is 5.87. The summed E-state index contributed by atoms with van der Waals surface area (Å²) in [4.78, 5) is 11.6. The number of hydrogen-bond donors (Lipinski definition) is 2. The Hall–Kier alpha value is -1.59. The standard InChI is InChI=1S/C13H20N2O3/c1-10(9-17-2)18-8-7-13(16)15-12-5-3-11(14)4-6-12/h3-6,10H,7-9,14H2,1-2H3,(H,15,16). The lowest BCUT2D eigenvalue weighted by molar-refractivity contribution is -0.117. The molecule has 1 rings (SSSR count). The largest absolute Gasteiger partial charge is 0.399 e. The third kappa shape index (κ3) is 5.65. The molecule has 5 nitrogen and oxygen atoms in total. The molecular formula is C13H20N2O3. The van der Waals surface area contributed by atoms with Crippen LogP contribution in [0.15, 0.2) is 24.3 Å². The third-order valence-electron chi connectivity index (χ3n) is 2.33. The number of methoxy groups -OCH3 is 1. The number of rotatable bonds is 7. The molecule has 0 saturated heterocycles. The molecule has 0 heterocycles. The van der Waals surface area contributed by atoms with E-state index in [-0.39, 0.29) is 12.0 Å². The molecular weight excluding hydrogens is 232 g/mol. The molecule has 0 fully saturated rings. The number of nitrogens with two attached hydrogens (primary N) is 1. The summed E-state index contributed by atoms with van der Waals surface area (Å²) < 4.78 is 10.3. The molecule has 1 aromatic rings. The molecule has 3 N–H and O–H groups in total. The van der Waals surface area contributed by atoms with Gasteiger partial charge in [-0.05, 0) is 31.2 Å². The lowest BCUT2D eigenvalue weighted by atomic mass is 10.3. The first-order chi connectivity index (χ1) is 8.61. The molecule has 18 heavy (non-hydrogen) atoms. The van der Waals surface area contributed by atoms with Crippen molar-refractivity contribution in [2.24, 2.45) is 0 Å². The van der Waals surface area contributed by atoms with Gasteiger partial charge in [0.2, 0.25) is 5.91 Å². The van der Waals surface area contributed by atoms with Gasteiger partial charge in [-0.3, -0.25) is 4.79 Å². The van der Waals surface area contributed by atoms with Crippen molar-refractivity contribution in [1.82, 2.24) is 0 Å². The minimum absolute atomic E-state index is 0.000626. The number of carbonyl (C=O) groups excluding carboxylic acids is 1. The second-order valence-corrected chi connectivity index (χ2v) is 4.06. The Bertz CT molecular complexity index is 365. The minimum atomic E-state index is -0.0793. The molecule has 0 aliphatic rings. The number of anilines is 2. The zero-order valence-corrected chi connectivity index (χ0v) is 10.8. The van der Waals surface area contributed by atoms with Crippen molar-refractivity contribution < 1.29 is 14.3 Å². The second-order valence-electron chi connectivity index (χ2n) is 4.06. The van der Waals surface area contributed by atoms with Crippen LogP contribution in [0.25, 0.3) is 0 Å². The van der Waals surface area contributed by atoms with E-state index < -0.39 is 0 Å². The van der Waals surface area contributed by atoms with Crippen LogP contribution in [-0.4, -0.2) is 32.3 Å². The number of nitrogens with one attached hydrogen (secondary N) is 1. The van der Waals surface area contributed by atoms with E-state index in [4.69, 9.17) is 15.2 Å². The summed E-state index contributed by atoms with van der Waals surface area (Å²) in [5.41, 5.74) is 6.96. The van der Waals surface area contributed by atoms with Gasteiger partial charge in [0.15, 0.2) is 0 Å². The average molecular weight is 252 g/mol. The zero-order valence-electron chi connectivity index (χ0n) is 10.8. The molecule has 0 radical (unpaired) electrons. The first kappa shape index (κ1) is 14.5. The molecule has 0 bridgehead atoms. The molecule has 0 aromatic heterocycles. The van der Waals surface area contributed by atoms with Crippen molar-refractivity contribution in [3.05, 3.63) is 24.3 Å². The van der Waals surface area contributed by atoms with Crippen LogP contribution in [0.5, 0.6) is 0 Å². The van der Waals surface area contributed by atoms with E-state index in [1.54, 1.807) is 31.4 Å². The highest BCUT2D eigenvalue weighted by molar-refractivity contribution is 5.90. The van der Waals surface area contributed by atoms with Gasteiger partial charge in [0.1, 0.15) is 0 Å². The molecule has 0 saturated carbocycles. The van der Waals surface area contributed by atoms with Crippen molar-refractivity contribution in [2.75, 3.05) is 31.4 Å². The molecule has 5 heteroatoms. The Morgan fingerprint density at radius 3 is 2.67 bits per heavy atom. The van der Waals surface area contributed by atoms with Gasteiger partial charge in [0.25, 0.3) is 0 Å². The van der Waals surface area contributed by atoms with E-state index in [9.17, 15) is 4.79 Å². The second kappa shape index (κ2) is 7.68. The third-order valence-corrected chi connectivity index (χ3v) is 2.33. The predicted octanol–water partition coefficient (Wildman–Crippen LogP) is 1.65. The van der Waals surface area contributed by atoms with E-state index in [1.807, 2.05) is 6.92 Å². The summed E-state index contributed by atoms with van der Waals surface area (Å²) >= 11 is 0. The fourth-order valence-electron chi connectivity index (χ4n) is 1.43. The van der Waals surface area contributed by atoms with Gasteiger partial charge in [-0.15, -0.1) is 0 Å². The predicted molar refractivity (Wildman–Crippen MR) is 71.4 cm³/mol. The van der Waals surface area contributed by atoms with Gasteiger partial charge >= 0.3 is 0 Å². The zero-order chi connectivity index (χ0) is 13.4. The number of hydrogen-bond acceptors (Lipinski definition) is 4. The van der Waals surface area contributed by atoms with Crippen LogP contribution in [-0.2, 0) is 14.3 Å². The molecule has 1 amide bonds. The number of ether oxygens (including phenoxy) is 2. The lowest BCUT2D eigenvalue weighted by Gasteiger charge is -2.11. The van der Waals surface area contributed by atoms with Gasteiger partial charge in [-0.25, -0.2) is 0 Å². The first-order valence-electron chi connectivity index (χ1n) is 5.87. The SMILES string of the molecule is COCC(C)OCCC(=O)Nc1ccc(N)cc1. The Labute approximate surface area is 107 Å². The summed E-state index contributed by atoms with van der Waals surface area (Å²) in [5, 5.41) is 2.77. The molecule has 0 aliphatic carbocycles. The fraction of sp³-hybridized carbons (Fsp3) is 0.462. The highest BCUT2D eigenvalue weighted by atomic mass is 16.5. The minimum Gasteiger partial charge on any atom is -0.399 e. The van der Waals surface area contributed by atoms with Crippen LogP contribution >= 0.6 is 0 Å². The summed E-state index contributed by atoms with van der Waals surface area (Å²) in [5.74, 6) is -0.0793. The van der Waals surface area contributed by atoms with Crippen molar-refractivity contribution in [3.8, 4) is 0 Å². The Morgan fingerprint density at radius 1 is 1.39 bits per heavy atom. The lowest BCUT2D eigenvalue weighted by Crippen LogP contribution is -2.19. The maximum absolute atomic E-state index is 11.6.